The first-order valence-corrected chi connectivity index (χ1v) is 10.5. The number of halogens is 1. The van der Waals surface area contributed by atoms with Gasteiger partial charge in [-0.1, -0.05) is 17.4 Å². The first-order valence-electron chi connectivity index (χ1n) is 9.66. The summed E-state index contributed by atoms with van der Waals surface area (Å²) >= 11 is 1.56. The third-order valence-corrected chi connectivity index (χ3v) is 5.67. The Bertz CT molecular complexity index is 979. The van der Waals surface area contributed by atoms with Crippen LogP contribution in [0.4, 0.5) is 5.13 Å². The molecular weight excluding hydrogens is 406 g/mol. The van der Waals surface area contributed by atoms with E-state index in [1.165, 1.54) is 5.56 Å². The maximum absolute atomic E-state index is 13.4. The molecule has 0 fully saturated rings. The van der Waals surface area contributed by atoms with Gasteiger partial charge in [0.25, 0.3) is 5.91 Å². The number of anilines is 1. The Morgan fingerprint density at radius 2 is 1.90 bits per heavy atom. The van der Waals surface area contributed by atoms with Gasteiger partial charge in [-0.05, 0) is 78.5 Å². The number of aromatic nitrogens is 3. The van der Waals surface area contributed by atoms with Crippen LogP contribution in [0.3, 0.4) is 0 Å². The van der Waals surface area contributed by atoms with Crippen LogP contribution >= 0.6 is 23.7 Å². The van der Waals surface area contributed by atoms with Crippen molar-refractivity contribution < 1.29 is 4.79 Å². The fourth-order valence-corrected chi connectivity index (χ4v) is 4.31. The fraction of sp³-hybridized carbons (Fsp3) is 0.476. The van der Waals surface area contributed by atoms with Crippen molar-refractivity contribution in [2.75, 3.05) is 32.1 Å². The molecule has 0 radical (unpaired) electrons. The van der Waals surface area contributed by atoms with Crippen LogP contribution in [0.15, 0.2) is 24.3 Å². The smallest absolute Gasteiger partial charge is 0.280 e. The number of aryl methyl sites for hydroxylation is 2. The van der Waals surface area contributed by atoms with E-state index in [0.29, 0.717) is 12.2 Å². The summed E-state index contributed by atoms with van der Waals surface area (Å²) in [6.07, 6.45) is 0.873. The first-order chi connectivity index (χ1) is 13.3. The lowest BCUT2D eigenvalue weighted by molar-refractivity contribution is 0.0980. The van der Waals surface area contributed by atoms with Gasteiger partial charge in [-0.15, -0.1) is 12.4 Å². The van der Waals surface area contributed by atoms with Crippen LogP contribution in [-0.2, 0) is 0 Å². The number of carbonyl (C=O) groups is 1. The van der Waals surface area contributed by atoms with Gasteiger partial charge in [0.1, 0.15) is 0 Å². The Kier molecular flexibility index (Phi) is 7.80. The molecule has 0 N–H and O–H groups in total. The highest BCUT2D eigenvalue weighted by atomic mass is 35.5. The molecule has 2 heterocycles. The molecule has 0 atom stereocenters. The Hall–Kier alpha value is -1.96. The number of thiazole rings is 1. The lowest BCUT2D eigenvalue weighted by Crippen LogP contribution is -2.33. The van der Waals surface area contributed by atoms with Crippen molar-refractivity contribution in [2.45, 2.75) is 40.2 Å². The predicted molar refractivity (Wildman–Crippen MR) is 124 cm³/mol. The second kappa shape index (κ2) is 9.69. The summed E-state index contributed by atoms with van der Waals surface area (Å²) in [5.41, 5.74) is 3.59. The lowest BCUT2D eigenvalue weighted by atomic mass is 10.2. The van der Waals surface area contributed by atoms with Crippen molar-refractivity contribution in [1.29, 1.82) is 0 Å². The van der Waals surface area contributed by atoms with E-state index in [9.17, 15) is 4.79 Å². The van der Waals surface area contributed by atoms with Gasteiger partial charge in [0, 0.05) is 18.3 Å². The zero-order valence-corrected chi connectivity index (χ0v) is 19.6. The van der Waals surface area contributed by atoms with E-state index in [1.54, 1.807) is 16.2 Å². The molecule has 6 nitrogen and oxygen atoms in total. The molecule has 0 saturated carbocycles. The number of hydrogen-bond acceptors (Lipinski definition) is 5. The molecule has 0 bridgehead atoms. The molecule has 8 heteroatoms. The second-order valence-corrected chi connectivity index (χ2v) is 8.80. The average Bonchev–Trinajstić information content (AvgIpc) is 3.21. The van der Waals surface area contributed by atoms with Gasteiger partial charge in [0.05, 0.1) is 10.2 Å². The van der Waals surface area contributed by atoms with E-state index in [0.717, 1.165) is 34.0 Å². The summed E-state index contributed by atoms with van der Waals surface area (Å²) in [6.45, 7) is 9.72. The van der Waals surface area contributed by atoms with Gasteiger partial charge in [-0.3, -0.25) is 14.4 Å². The molecule has 1 aromatic carbocycles. The zero-order valence-electron chi connectivity index (χ0n) is 18.0. The maximum Gasteiger partial charge on any atom is 0.280 e. The van der Waals surface area contributed by atoms with Crippen LogP contribution in [0.5, 0.6) is 0 Å². The minimum atomic E-state index is -0.0861. The SMILES string of the molecule is Cc1ccc2nc(N(CCCN(C)C)C(=O)c3cc(C)n(C(C)C)n3)sc2c1.Cl. The van der Waals surface area contributed by atoms with Crippen molar-refractivity contribution in [3.05, 3.63) is 41.2 Å². The van der Waals surface area contributed by atoms with Crippen molar-refractivity contribution in [3.8, 4) is 0 Å². The zero-order chi connectivity index (χ0) is 20.4. The lowest BCUT2D eigenvalue weighted by Gasteiger charge is -2.20. The summed E-state index contributed by atoms with van der Waals surface area (Å²) in [7, 11) is 4.08. The summed E-state index contributed by atoms with van der Waals surface area (Å²) in [4.78, 5) is 22.0. The Morgan fingerprint density at radius 3 is 2.52 bits per heavy atom. The normalized spacial score (nSPS) is 11.3. The third kappa shape index (κ3) is 5.35. The monoisotopic (exact) mass is 435 g/mol. The quantitative estimate of drug-likeness (QED) is 0.539. The van der Waals surface area contributed by atoms with Crippen LogP contribution in [0, 0.1) is 13.8 Å². The molecule has 0 spiro atoms. The highest BCUT2D eigenvalue weighted by Gasteiger charge is 2.24. The van der Waals surface area contributed by atoms with Crippen LogP contribution in [0.25, 0.3) is 10.2 Å². The van der Waals surface area contributed by atoms with Crippen LogP contribution < -0.4 is 4.90 Å². The van der Waals surface area contributed by atoms with Crippen LogP contribution in [0.2, 0.25) is 0 Å². The Morgan fingerprint density at radius 1 is 1.17 bits per heavy atom. The number of nitrogens with zero attached hydrogens (tertiary/aromatic N) is 5. The molecular formula is C21H30ClN5OS. The number of carbonyl (C=O) groups excluding carboxylic acids is 1. The number of rotatable bonds is 7. The molecule has 0 aliphatic rings. The molecule has 1 amide bonds. The second-order valence-electron chi connectivity index (χ2n) is 7.79. The Balaban J connectivity index is 0.00000300. The van der Waals surface area contributed by atoms with E-state index in [1.807, 2.05) is 37.8 Å². The number of amides is 1. The minimum Gasteiger partial charge on any atom is -0.309 e. The minimum absolute atomic E-state index is 0. The van der Waals surface area contributed by atoms with E-state index in [-0.39, 0.29) is 24.4 Å². The molecule has 0 unspecified atom stereocenters. The van der Waals surface area contributed by atoms with Crippen molar-refractivity contribution in [3.63, 3.8) is 0 Å². The van der Waals surface area contributed by atoms with Gasteiger partial charge in [0.15, 0.2) is 10.8 Å². The van der Waals surface area contributed by atoms with Crippen molar-refractivity contribution in [2.24, 2.45) is 0 Å². The van der Waals surface area contributed by atoms with Gasteiger partial charge in [-0.25, -0.2) is 4.98 Å². The van der Waals surface area contributed by atoms with Crippen molar-refractivity contribution in [1.82, 2.24) is 19.7 Å². The van der Waals surface area contributed by atoms with E-state index in [2.05, 4.69) is 42.9 Å². The number of fused-ring (bicyclic) bond motifs is 1. The summed E-state index contributed by atoms with van der Waals surface area (Å²) in [5.74, 6) is -0.0861. The molecule has 3 aromatic rings. The van der Waals surface area contributed by atoms with E-state index < -0.39 is 0 Å². The Labute approximate surface area is 182 Å². The van der Waals surface area contributed by atoms with Gasteiger partial charge < -0.3 is 4.90 Å². The van der Waals surface area contributed by atoms with E-state index >= 15 is 0 Å². The molecule has 2 aromatic heterocycles. The summed E-state index contributed by atoms with van der Waals surface area (Å²) < 4.78 is 3.00. The van der Waals surface area contributed by atoms with E-state index in [4.69, 9.17) is 4.98 Å². The molecule has 0 aliphatic carbocycles. The third-order valence-electron chi connectivity index (χ3n) is 4.63. The summed E-state index contributed by atoms with van der Waals surface area (Å²) in [5, 5.41) is 5.30. The van der Waals surface area contributed by atoms with Gasteiger partial charge >= 0.3 is 0 Å². The average molecular weight is 436 g/mol. The molecule has 158 valence electrons. The maximum atomic E-state index is 13.4. The molecule has 0 saturated heterocycles. The topological polar surface area (TPSA) is 54.3 Å². The van der Waals surface area contributed by atoms with Gasteiger partial charge in [-0.2, -0.15) is 5.10 Å². The predicted octanol–water partition coefficient (Wildman–Crippen LogP) is 4.71. The summed E-state index contributed by atoms with van der Waals surface area (Å²) in [6, 6.07) is 8.28. The highest BCUT2D eigenvalue weighted by molar-refractivity contribution is 7.22. The highest BCUT2D eigenvalue weighted by Crippen LogP contribution is 2.30. The molecule has 29 heavy (non-hydrogen) atoms. The first kappa shape index (κ1) is 23.3. The van der Waals surface area contributed by atoms with Crippen LogP contribution in [-0.4, -0.2) is 52.8 Å². The molecule has 3 rings (SSSR count). The largest absolute Gasteiger partial charge is 0.309 e. The number of hydrogen-bond donors (Lipinski definition) is 0. The van der Waals surface area contributed by atoms with Crippen molar-refractivity contribution >= 4 is 45.0 Å². The van der Waals surface area contributed by atoms with Gasteiger partial charge in [0.2, 0.25) is 0 Å². The fourth-order valence-electron chi connectivity index (χ4n) is 3.22. The molecule has 0 aliphatic heterocycles. The number of benzene rings is 1. The van der Waals surface area contributed by atoms with Crippen LogP contribution in [0.1, 0.15) is 48.1 Å². The standard InChI is InChI=1S/C21H29N5OS.ClH/c1-14(2)26-16(4)13-18(23-26)20(27)25(11-7-10-24(5)6)21-22-17-9-8-15(3)12-19(17)28-21;/h8-9,12-14H,7,10-11H2,1-6H3;1H.